The Kier molecular flexibility index (Phi) is 3.53. The molecule has 0 atom stereocenters. The van der Waals surface area contributed by atoms with Crippen LogP contribution in [-0.4, -0.2) is 31.3 Å². The fourth-order valence-electron chi connectivity index (χ4n) is 2.59. The van der Waals surface area contributed by atoms with Gasteiger partial charge in [-0.05, 0) is 25.1 Å². The van der Waals surface area contributed by atoms with Crippen molar-refractivity contribution in [2.45, 2.75) is 13.3 Å². The number of hydrogen-bond acceptors (Lipinski definition) is 4. The molecule has 4 heteroatoms. The number of pyridine rings is 1. The lowest BCUT2D eigenvalue weighted by molar-refractivity contribution is 0.122. The lowest BCUT2D eigenvalue weighted by atomic mass is 10.1. The summed E-state index contributed by atoms with van der Waals surface area (Å²) >= 11 is 0. The number of anilines is 1. The molecule has 0 amide bonds. The van der Waals surface area contributed by atoms with Gasteiger partial charge in [-0.25, -0.2) is 4.98 Å². The molecule has 1 aliphatic rings. The minimum Gasteiger partial charge on any atom is -0.378 e. The van der Waals surface area contributed by atoms with Crippen LogP contribution in [-0.2, 0) is 11.2 Å². The molecule has 1 aromatic heterocycles. The van der Waals surface area contributed by atoms with Crippen LogP contribution in [0.1, 0.15) is 11.1 Å². The second kappa shape index (κ2) is 5.48. The van der Waals surface area contributed by atoms with Gasteiger partial charge in [0, 0.05) is 24.0 Å². The zero-order valence-corrected chi connectivity index (χ0v) is 11.6. The van der Waals surface area contributed by atoms with Crippen LogP contribution in [0.5, 0.6) is 0 Å². The van der Waals surface area contributed by atoms with Crippen molar-refractivity contribution in [1.29, 1.82) is 5.26 Å². The molecule has 20 heavy (non-hydrogen) atoms. The average Bonchev–Trinajstić information content (AvgIpc) is 2.48. The Morgan fingerprint density at radius 1 is 1.30 bits per heavy atom. The number of rotatable bonds is 2. The van der Waals surface area contributed by atoms with Gasteiger partial charge in [-0.3, -0.25) is 0 Å². The Morgan fingerprint density at radius 3 is 2.85 bits per heavy atom. The summed E-state index contributed by atoms with van der Waals surface area (Å²) in [5.41, 5.74) is 3.20. The van der Waals surface area contributed by atoms with Crippen LogP contribution >= 0.6 is 0 Å². The van der Waals surface area contributed by atoms with Crippen molar-refractivity contribution in [2.24, 2.45) is 0 Å². The van der Waals surface area contributed by atoms with Gasteiger partial charge >= 0.3 is 0 Å². The van der Waals surface area contributed by atoms with E-state index in [1.807, 2.05) is 6.07 Å². The van der Waals surface area contributed by atoms with Crippen molar-refractivity contribution >= 4 is 16.7 Å². The first-order valence-corrected chi connectivity index (χ1v) is 6.88. The van der Waals surface area contributed by atoms with Crippen molar-refractivity contribution in [3.8, 4) is 6.07 Å². The van der Waals surface area contributed by atoms with Crippen LogP contribution in [0, 0.1) is 18.3 Å². The SMILES string of the molecule is Cc1ccc2nc(N3CCOCC3)c(CC#N)cc2c1. The zero-order chi connectivity index (χ0) is 13.9. The summed E-state index contributed by atoms with van der Waals surface area (Å²) < 4.78 is 5.39. The molecule has 2 aromatic rings. The summed E-state index contributed by atoms with van der Waals surface area (Å²) in [7, 11) is 0. The number of nitriles is 1. The van der Waals surface area contributed by atoms with Gasteiger partial charge in [0.05, 0.1) is 31.2 Å². The summed E-state index contributed by atoms with van der Waals surface area (Å²) in [4.78, 5) is 7.00. The largest absolute Gasteiger partial charge is 0.378 e. The number of aromatic nitrogens is 1. The van der Waals surface area contributed by atoms with Gasteiger partial charge in [0.25, 0.3) is 0 Å². The van der Waals surface area contributed by atoms with Crippen molar-refractivity contribution in [3.63, 3.8) is 0 Å². The van der Waals surface area contributed by atoms with E-state index in [0.29, 0.717) is 6.42 Å². The maximum Gasteiger partial charge on any atom is 0.133 e. The number of morpholine rings is 1. The smallest absolute Gasteiger partial charge is 0.133 e. The number of nitrogens with zero attached hydrogens (tertiary/aromatic N) is 3. The molecule has 0 bridgehead atoms. The van der Waals surface area contributed by atoms with Crippen molar-refractivity contribution < 1.29 is 4.74 Å². The standard InChI is InChI=1S/C16H17N3O/c1-12-2-3-15-14(10-12)11-13(4-5-17)16(18-15)19-6-8-20-9-7-19/h2-3,10-11H,4,6-9H2,1H3. The number of fused-ring (bicyclic) bond motifs is 1. The molecule has 2 heterocycles. The van der Waals surface area contributed by atoms with Crippen LogP contribution in [0.15, 0.2) is 24.3 Å². The topological polar surface area (TPSA) is 49.2 Å². The first-order valence-electron chi connectivity index (χ1n) is 6.88. The third-order valence-electron chi connectivity index (χ3n) is 3.61. The molecule has 3 rings (SSSR count). The quantitative estimate of drug-likeness (QED) is 0.838. The van der Waals surface area contributed by atoms with Crippen molar-refractivity contribution in [1.82, 2.24) is 4.98 Å². The van der Waals surface area contributed by atoms with Crippen LogP contribution in [0.2, 0.25) is 0 Å². The van der Waals surface area contributed by atoms with E-state index in [-0.39, 0.29) is 0 Å². The third-order valence-corrected chi connectivity index (χ3v) is 3.61. The van der Waals surface area contributed by atoms with E-state index in [0.717, 1.165) is 48.6 Å². The minimum absolute atomic E-state index is 0.392. The van der Waals surface area contributed by atoms with Crippen molar-refractivity contribution in [3.05, 3.63) is 35.4 Å². The minimum atomic E-state index is 0.392. The molecule has 4 nitrogen and oxygen atoms in total. The highest BCUT2D eigenvalue weighted by atomic mass is 16.5. The molecule has 0 spiro atoms. The lowest BCUT2D eigenvalue weighted by Crippen LogP contribution is -2.37. The Morgan fingerprint density at radius 2 is 2.10 bits per heavy atom. The van der Waals surface area contributed by atoms with Gasteiger partial charge in [0.2, 0.25) is 0 Å². The van der Waals surface area contributed by atoms with Gasteiger partial charge in [-0.2, -0.15) is 5.26 Å². The molecule has 1 fully saturated rings. The van der Waals surface area contributed by atoms with E-state index in [9.17, 15) is 0 Å². The molecule has 0 unspecified atom stereocenters. The maximum absolute atomic E-state index is 9.05. The highest BCUT2D eigenvalue weighted by molar-refractivity contribution is 5.82. The van der Waals surface area contributed by atoms with E-state index in [2.05, 4.69) is 36.1 Å². The molecule has 0 radical (unpaired) electrons. The third kappa shape index (κ3) is 2.45. The Bertz CT molecular complexity index is 669. The zero-order valence-electron chi connectivity index (χ0n) is 11.6. The van der Waals surface area contributed by atoms with Crippen LogP contribution in [0.4, 0.5) is 5.82 Å². The summed E-state index contributed by atoms with van der Waals surface area (Å²) in [6.45, 7) is 5.18. The van der Waals surface area contributed by atoms with E-state index >= 15 is 0 Å². The van der Waals surface area contributed by atoms with Crippen LogP contribution in [0.3, 0.4) is 0 Å². The van der Waals surface area contributed by atoms with E-state index in [4.69, 9.17) is 15.0 Å². The fraction of sp³-hybridized carbons (Fsp3) is 0.375. The number of aryl methyl sites for hydroxylation is 1. The van der Waals surface area contributed by atoms with Crippen LogP contribution < -0.4 is 4.90 Å². The van der Waals surface area contributed by atoms with Gasteiger partial charge in [-0.1, -0.05) is 11.6 Å². The number of ether oxygens (including phenoxy) is 1. The van der Waals surface area contributed by atoms with Gasteiger partial charge in [-0.15, -0.1) is 0 Å². The van der Waals surface area contributed by atoms with Crippen molar-refractivity contribution in [2.75, 3.05) is 31.2 Å². The molecule has 1 aromatic carbocycles. The van der Waals surface area contributed by atoms with E-state index < -0.39 is 0 Å². The van der Waals surface area contributed by atoms with Gasteiger partial charge in [0.1, 0.15) is 5.82 Å². The summed E-state index contributed by atoms with van der Waals surface area (Å²) in [6.07, 6.45) is 0.392. The highest BCUT2D eigenvalue weighted by Gasteiger charge is 2.17. The molecule has 0 N–H and O–H groups in total. The predicted octanol–water partition coefficient (Wildman–Crippen LogP) is 2.45. The van der Waals surface area contributed by atoms with E-state index in [1.165, 1.54) is 5.56 Å². The Hall–Kier alpha value is -2.12. The normalized spacial score (nSPS) is 15.3. The Balaban J connectivity index is 2.10. The number of benzene rings is 1. The molecule has 1 saturated heterocycles. The Labute approximate surface area is 118 Å². The van der Waals surface area contributed by atoms with Crippen LogP contribution in [0.25, 0.3) is 10.9 Å². The maximum atomic E-state index is 9.05. The fourth-order valence-corrected chi connectivity index (χ4v) is 2.59. The summed E-state index contributed by atoms with van der Waals surface area (Å²) in [5.74, 6) is 0.936. The lowest BCUT2D eigenvalue weighted by Gasteiger charge is -2.29. The number of hydrogen-bond donors (Lipinski definition) is 0. The van der Waals surface area contributed by atoms with Gasteiger partial charge in [0.15, 0.2) is 0 Å². The first kappa shape index (κ1) is 12.9. The molecular weight excluding hydrogens is 250 g/mol. The first-order chi connectivity index (χ1) is 9.78. The molecule has 1 aliphatic heterocycles. The summed E-state index contributed by atoms with van der Waals surface area (Å²) in [5, 5.41) is 10.2. The molecule has 102 valence electrons. The average molecular weight is 267 g/mol. The highest BCUT2D eigenvalue weighted by Crippen LogP contribution is 2.25. The molecular formula is C16H17N3O. The second-order valence-corrected chi connectivity index (χ2v) is 5.10. The molecule has 0 aliphatic carbocycles. The molecule has 0 saturated carbocycles. The monoisotopic (exact) mass is 267 g/mol. The predicted molar refractivity (Wildman–Crippen MR) is 78.8 cm³/mol. The van der Waals surface area contributed by atoms with E-state index in [1.54, 1.807) is 0 Å². The second-order valence-electron chi connectivity index (χ2n) is 5.10. The summed E-state index contributed by atoms with van der Waals surface area (Å²) in [6, 6.07) is 10.6. The van der Waals surface area contributed by atoms with Gasteiger partial charge < -0.3 is 9.64 Å².